The summed E-state index contributed by atoms with van der Waals surface area (Å²) in [6, 6.07) is 8.25. The molecule has 100 valence electrons. The van der Waals surface area contributed by atoms with Gasteiger partial charge in [-0.15, -0.1) is 0 Å². The van der Waals surface area contributed by atoms with Crippen LogP contribution in [0.15, 0.2) is 30.3 Å². The van der Waals surface area contributed by atoms with Crippen molar-refractivity contribution in [3.63, 3.8) is 0 Å². The van der Waals surface area contributed by atoms with E-state index in [1.807, 2.05) is 6.07 Å². The van der Waals surface area contributed by atoms with Gasteiger partial charge in [-0.05, 0) is 12.5 Å². The van der Waals surface area contributed by atoms with Gasteiger partial charge in [0, 0.05) is 6.04 Å². The fourth-order valence-electron chi connectivity index (χ4n) is 1.52. The van der Waals surface area contributed by atoms with Crippen molar-refractivity contribution in [2.75, 3.05) is 12.9 Å². The van der Waals surface area contributed by atoms with Crippen molar-refractivity contribution >= 4 is 15.8 Å². The molecule has 0 amide bonds. The van der Waals surface area contributed by atoms with E-state index in [0.717, 1.165) is 12.7 Å². The van der Waals surface area contributed by atoms with E-state index >= 15 is 0 Å². The third-order valence-corrected chi connectivity index (χ3v) is 4.87. The summed E-state index contributed by atoms with van der Waals surface area (Å²) in [5.41, 5.74) is 6.63. The predicted octanol–water partition coefficient (Wildman–Crippen LogP) is 0.663. The summed E-state index contributed by atoms with van der Waals surface area (Å²) in [7, 11) is -2.47. The van der Waals surface area contributed by atoms with Crippen LogP contribution in [0, 0.1) is 0 Å². The van der Waals surface area contributed by atoms with Crippen LogP contribution < -0.4 is 5.73 Å². The highest BCUT2D eigenvalue weighted by atomic mass is 32.2. The Morgan fingerprint density at radius 3 is 2.39 bits per heavy atom. The molecule has 0 aromatic heterocycles. The van der Waals surface area contributed by atoms with Crippen molar-refractivity contribution in [1.82, 2.24) is 0 Å². The Hall–Kier alpha value is -1.40. The van der Waals surface area contributed by atoms with Crippen LogP contribution in [0.1, 0.15) is 18.5 Å². The molecule has 5 nitrogen and oxygen atoms in total. The Morgan fingerprint density at radius 1 is 1.33 bits per heavy atom. The lowest BCUT2D eigenvalue weighted by molar-refractivity contribution is -0.137. The third-order valence-electron chi connectivity index (χ3n) is 2.80. The first kappa shape index (κ1) is 14.7. The van der Waals surface area contributed by atoms with Gasteiger partial charge in [0.15, 0.2) is 9.84 Å². The Kier molecular flexibility index (Phi) is 4.86. The average Bonchev–Trinajstić information content (AvgIpc) is 2.37. The van der Waals surface area contributed by atoms with E-state index < -0.39 is 32.9 Å². The molecule has 18 heavy (non-hydrogen) atoms. The fraction of sp³-hybridized carbons (Fsp3) is 0.417. The van der Waals surface area contributed by atoms with Gasteiger partial charge in [0.2, 0.25) is 0 Å². The molecule has 0 aliphatic carbocycles. The van der Waals surface area contributed by atoms with Gasteiger partial charge in [-0.2, -0.15) is 0 Å². The predicted molar refractivity (Wildman–Crippen MR) is 68.6 cm³/mol. The van der Waals surface area contributed by atoms with E-state index in [1.54, 1.807) is 24.3 Å². The number of methoxy groups -OCH3 is 1. The minimum absolute atomic E-state index is 0.648. The highest BCUT2D eigenvalue weighted by molar-refractivity contribution is 7.92. The third kappa shape index (κ3) is 3.54. The molecular weight excluding hydrogens is 254 g/mol. The Bertz CT molecular complexity index is 498. The molecule has 0 aliphatic heterocycles. The molecule has 0 aliphatic rings. The van der Waals surface area contributed by atoms with Crippen LogP contribution in [-0.4, -0.2) is 32.5 Å². The maximum atomic E-state index is 11.9. The van der Waals surface area contributed by atoms with Crippen LogP contribution in [0.4, 0.5) is 0 Å². The zero-order chi connectivity index (χ0) is 13.8. The zero-order valence-corrected chi connectivity index (χ0v) is 11.2. The first-order valence-electron chi connectivity index (χ1n) is 5.47. The summed E-state index contributed by atoms with van der Waals surface area (Å²) in [5.74, 6) is -1.42. The zero-order valence-electron chi connectivity index (χ0n) is 10.4. The van der Waals surface area contributed by atoms with Gasteiger partial charge in [0.05, 0.1) is 12.4 Å². The lowest BCUT2D eigenvalue weighted by Crippen LogP contribution is -2.35. The summed E-state index contributed by atoms with van der Waals surface area (Å²) in [6.45, 7) is 1.50. The van der Waals surface area contributed by atoms with Crippen molar-refractivity contribution in [2.45, 2.75) is 18.2 Å². The van der Waals surface area contributed by atoms with Crippen LogP contribution in [0.3, 0.4) is 0 Å². The second-order valence-corrected chi connectivity index (χ2v) is 6.38. The number of carbonyl (C=O) groups is 1. The summed E-state index contributed by atoms with van der Waals surface area (Å²) >= 11 is 0. The number of esters is 1. The first-order valence-corrected chi connectivity index (χ1v) is 7.19. The molecule has 0 saturated carbocycles. The SMILES string of the molecule is COC(=O)CS(=O)(=O)C(C)C(N)c1ccccc1. The van der Waals surface area contributed by atoms with Crippen molar-refractivity contribution in [1.29, 1.82) is 0 Å². The number of hydrogen-bond donors (Lipinski definition) is 1. The van der Waals surface area contributed by atoms with Crippen LogP contribution in [-0.2, 0) is 19.4 Å². The van der Waals surface area contributed by atoms with E-state index in [1.165, 1.54) is 6.92 Å². The molecule has 0 radical (unpaired) electrons. The molecule has 0 spiro atoms. The molecule has 0 bridgehead atoms. The quantitative estimate of drug-likeness (QED) is 0.795. The van der Waals surface area contributed by atoms with Gasteiger partial charge >= 0.3 is 5.97 Å². The standard InChI is InChI=1S/C12H17NO4S/c1-9(18(15,16)8-11(14)17-2)12(13)10-6-4-3-5-7-10/h3-7,9,12H,8,13H2,1-2H3. The smallest absolute Gasteiger partial charge is 0.320 e. The summed E-state index contributed by atoms with van der Waals surface area (Å²) in [4.78, 5) is 11.0. The van der Waals surface area contributed by atoms with Crippen LogP contribution in [0.2, 0.25) is 0 Å². The summed E-state index contributed by atoms with van der Waals surface area (Å²) in [5, 5.41) is -0.848. The molecular formula is C12H17NO4S. The number of ether oxygens (including phenoxy) is 1. The lowest BCUT2D eigenvalue weighted by Gasteiger charge is -2.20. The van der Waals surface area contributed by atoms with E-state index in [9.17, 15) is 13.2 Å². The number of benzene rings is 1. The number of rotatable bonds is 5. The highest BCUT2D eigenvalue weighted by Gasteiger charge is 2.30. The molecule has 1 rings (SSSR count). The Balaban J connectivity index is 2.87. The molecule has 1 aromatic rings. The number of hydrogen-bond acceptors (Lipinski definition) is 5. The van der Waals surface area contributed by atoms with Crippen molar-refractivity contribution in [3.8, 4) is 0 Å². The second-order valence-electron chi connectivity index (χ2n) is 4.02. The van der Waals surface area contributed by atoms with E-state index in [0.29, 0.717) is 0 Å². The van der Waals surface area contributed by atoms with E-state index in [2.05, 4.69) is 4.74 Å². The van der Waals surface area contributed by atoms with Crippen LogP contribution in [0.5, 0.6) is 0 Å². The Labute approximate surface area is 107 Å². The number of sulfone groups is 1. The number of carbonyl (C=O) groups excluding carboxylic acids is 1. The summed E-state index contributed by atoms with van der Waals surface area (Å²) in [6.07, 6.45) is 0. The van der Waals surface area contributed by atoms with Crippen LogP contribution in [0.25, 0.3) is 0 Å². The highest BCUT2D eigenvalue weighted by Crippen LogP contribution is 2.20. The molecule has 0 heterocycles. The second kappa shape index (κ2) is 5.97. The average molecular weight is 271 g/mol. The molecule has 6 heteroatoms. The minimum atomic E-state index is -3.62. The van der Waals surface area contributed by atoms with Gasteiger partial charge in [0.25, 0.3) is 0 Å². The molecule has 0 fully saturated rings. The largest absolute Gasteiger partial charge is 0.468 e. The Morgan fingerprint density at radius 2 is 1.89 bits per heavy atom. The maximum Gasteiger partial charge on any atom is 0.320 e. The van der Waals surface area contributed by atoms with Crippen LogP contribution >= 0.6 is 0 Å². The monoisotopic (exact) mass is 271 g/mol. The fourth-order valence-corrected chi connectivity index (χ4v) is 2.84. The van der Waals surface area contributed by atoms with Gasteiger partial charge in [-0.25, -0.2) is 8.42 Å². The van der Waals surface area contributed by atoms with Crippen molar-refractivity contribution < 1.29 is 17.9 Å². The minimum Gasteiger partial charge on any atom is -0.468 e. The lowest BCUT2D eigenvalue weighted by atomic mass is 10.1. The van der Waals surface area contributed by atoms with Gasteiger partial charge < -0.3 is 10.5 Å². The normalized spacial score (nSPS) is 14.8. The molecule has 0 saturated heterocycles. The molecule has 2 atom stereocenters. The number of nitrogens with two attached hydrogens (primary N) is 1. The van der Waals surface area contributed by atoms with Crippen molar-refractivity contribution in [3.05, 3.63) is 35.9 Å². The maximum absolute atomic E-state index is 11.9. The van der Waals surface area contributed by atoms with Gasteiger partial charge in [-0.3, -0.25) is 4.79 Å². The summed E-state index contributed by atoms with van der Waals surface area (Å²) < 4.78 is 28.2. The van der Waals surface area contributed by atoms with Crippen molar-refractivity contribution in [2.24, 2.45) is 5.73 Å². The topological polar surface area (TPSA) is 86.5 Å². The molecule has 2 unspecified atom stereocenters. The van der Waals surface area contributed by atoms with Gasteiger partial charge in [0.1, 0.15) is 5.75 Å². The van der Waals surface area contributed by atoms with Gasteiger partial charge in [-0.1, -0.05) is 30.3 Å². The van der Waals surface area contributed by atoms with E-state index in [-0.39, 0.29) is 0 Å². The molecule has 1 aromatic carbocycles. The first-order chi connectivity index (χ1) is 8.38. The van der Waals surface area contributed by atoms with E-state index in [4.69, 9.17) is 5.73 Å². The molecule has 2 N–H and O–H groups in total.